The molecule has 130 valence electrons. The van der Waals surface area contributed by atoms with Crippen LogP contribution in [-0.4, -0.2) is 52.8 Å². The fourth-order valence-electron chi connectivity index (χ4n) is 3.01. The Bertz CT molecular complexity index is 548. The summed E-state index contributed by atoms with van der Waals surface area (Å²) >= 11 is 0. The number of hydrogen-bond donors (Lipinski definition) is 3. The standard InChI is InChI=1S/C15H23N3O4.ClH/c1-15(2,10-19)14(17-7-5-16-6-8-17)12-9-11(18(21)22)3-4-13(12)20;/h3-4,9,14,16,19-20H,5-8,10H2,1-2H3;1H/t14-;/m1./s1. The van der Waals surface area contributed by atoms with Gasteiger partial charge < -0.3 is 15.5 Å². The van der Waals surface area contributed by atoms with Crippen molar-refractivity contribution in [3.8, 4) is 5.75 Å². The second-order valence-electron chi connectivity index (χ2n) is 6.34. The zero-order valence-electron chi connectivity index (χ0n) is 13.4. The number of aliphatic hydroxyl groups excluding tert-OH is 1. The summed E-state index contributed by atoms with van der Waals surface area (Å²) in [4.78, 5) is 12.7. The number of phenols is 1. The maximum absolute atomic E-state index is 11.0. The zero-order chi connectivity index (χ0) is 16.3. The highest BCUT2D eigenvalue weighted by molar-refractivity contribution is 5.85. The van der Waals surface area contributed by atoms with Gasteiger partial charge in [0.15, 0.2) is 0 Å². The van der Waals surface area contributed by atoms with E-state index in [9.17, 15) is 20.3 Å². The van der Waals surface area contributed by atoms with Crippen LogP contribution < -0.4 is 5.32 Å². The number of nitro benzene ring substituents is 1. The van der Waals surface area contributed by atoms with Gasteiger partial charge in [-0.25, -0.2) is 0 Å². The summed E-state index contributed by atoms with van der Waals surface area (Å²) in [6.45, 7) is 6.87. The average molecular weight is 346 g/mol. The Morgan fingerprint density at radius 3 is 2.52 bits per heavy atom. The smallest absolute Gasteiger partial charge is 0.270 e. The van der Waals surface area contributed by atoms with E-state index >= 15 is 0 Å². The number of halogens is 1. The van der Waals surface area contributed by atoms with Crippen molar-refractivity contribution in [2.45, 2.75) is 19.9 Å². The maximum Gasteiger partial charge on any atom is 0.270 e. The number of nitrogens with zero attached hydrogens (tertiary/aromatic N) is 2. The Balaban J connectivity index is 0.00000264. The molecule has 2 rings (SSSR count). The van der Waals surface area contributed by atoms with E-state index in [1.54, 1.807) is 0 Å². The molecule has 1 fully saturated rings. The first kappa shape index (κ1) is 19.6. The van der Waals surface area contributed by atoms with E-state index in [0.29, 0.717) is 5.56 Å². The second-order valence-corrected chi connectivity index (χ2v) is 6.34. The van der Waals surface area contributed by atoms with E-state index in [1.807, 2.05) is 13.8 Å². The number of rotatable bonds is 5. The molecule has 1 saturated heterocycles. The Kier molecular flexibility index (Phi) is 6.76. The summed E-state index contributed by atoms with van der Waals surface area (Å²) in [5.74, 6) is 0.0238. The van der Waals surface area contributed by atoms with Gasteiger partial charge >= 0.3 is 0 Å². The minimum absolute atomic E-state index is 0. The lowest BCUT2D eigenvalue weighted by atomic mass is 9.79. The van der Waals surface area contributed by atoms with Gasteiger partial charge in [0, 0.05) is 61.9 Å². The molecular weight excluding hydrogens is 322 g/mol. The number of phenolic OH excluding ortho intramolecular Hbond substituents is 1. The number of piperazine rings is 1. The topological polar surface area (TPSA) is 98.9 Å². The quantitative estimate of drug-likeness (QED) is 0.555. The third-order valence-corrected chi connectivity index (χ3v) is 4.18. The average Bonchev–Trinajstić information content (AvgIpc) is 2.50. The first-order valence-electron chi connectivity index (χ1n) is 7.40. The van der Waals surface area contributed by atoms with Crippen LogP contribution in [0.2, 0.25) is 0 Å². The van der Waals surface area contributed by atoms with E-state index < -0.39 is 10.3 Å². The van der Waals surface area contributed by atoms with E-state index in [0.717, 1.165) is 26.2 Å². The van der Waals surface area contributed by atoms with Crippen molar-refractivity contribution < 1.29 is 15.1 Å². The Hall–Kier alpha value is -1.41. The molecule has 1 heterocycles. The van der Waals surface area contributed by atoms with Crippen LogP contribution in [0.25, 0.3) is 0 Å². The van der Waals surface area contributed by atoms with Gasteiger partial charge in [0.1, 0.15) is 5.75 Å². The van der Waals surface area contributed by atoms with Gasteiger partial charge in [0.05, 0.1) is 4.92 Å². The van der Waals surface area contributed by atoms with Gasteiger partial charge in [-0.15, -0.1) is 12.4 Å². The SMILES string of the molecule is CC(C)(CO)[C@@H](c1cc([N+](=O)[O-])ccc1O)N1CCNCC1.Cl. The molecule has 1 aliphatic heterocycles. The fourth-order valence-corrected chi connectivity index (χ4v) is 3.01. The van der Waals surface area contributed by atoms with Crippen LogP contribution in [0.15, 0.2) is 18.2 Å². The summed E-state index contributed by atoms with van der Waals surface area (Å²) in [5.41, 5.74) is -0.0962. The van der Waals surface area contributed by atoms with Crippen molar-refractivity contribution in [1.82, 2.24) is 10.2 Å². The Morgan fingerprint density at radius 1 is 1.39 bits per heavy atom. The highest BCUT2D eigenvalue weighted by Gasteiger charge is 2.37. The number of non-ortho nitro benzene ring substituents is 1. The lowest BCUT2D eigenvalue weighted by molar-refractivity contribution is -0.385. The molecule has 0 aliphatic carbocycles. The van der Waals surface area contributed by atoms with Gasteiger partial charge in [0.2, 0.25) is 0 Å². The normalized spacial score (nSPS) is 17.3. The number of aliphatic hydroxyl groups is 1. The molecule has 1 aromatic rings. The molecule has 0 bridgehead atoms. The molecule has 1 atom stereocenters. The number of aromatic hydroxyl groups is 1. The van der Waals surface area contributed by atoms with E-state index in [1.165, 1.54) is 18.2 Å². The van der Waals surface area contributed by atoms with Crippen molar-refractivity contribution >= 4 is 18.1 Å². The molecular formula is C15H24ClN3O4. The molecule has 1 aliphatic rings. The number of hydrogen-bond acceptors (Lipinski definition) is 6. The summed E-state index contributed by atoms with van der Waals surface area (Å²) in [6, 6.07) is 3.77. The minimum Gasteiger partial charge on any atom is -0.508 e. The maximum atomic E-state index is 11.0. The molecule has 7 nitrogen and oxygen atoms in total. The zero-order valence-corrected chi connectivity index (χ0v) is 14.2. The molecule has 3 N–H and O–H groups in total. The van der Waals surface area contributed by atoms with Crippen molar-refractivity contribution in [3.63, 3.8) is 0 Å². The predicted octanol–water partition coefficient (Wildman–Crippen LogP) is 1.69. The van der Waals surface area contributed by atoms with Crippen molar-refractivity contribution in [2.24, 2.45) is 5.41 Å². The lowest BCUT2D eigenvalue weighted by Crippen LogP contribution is -2.49. The van der Waals surface area contributed by atoms with Crippen LogP contribution in [0.4, 0.5) is 5.69 Å². The van der Waals surface area contributed by atoms with E-state index in [4.69, 9.17) is 0 Å². The molecule has 0 radical (unpaired) electrons. The molecule has 8 heteroatoms. The summed E-state index contributed by atoms with van der Waals surface area (Å²) in [7, 11) is 0. The minimum atomic E-state index is -0.538. The molecule has 0 unspecified atom stereocenters. The third kappa shape index (κ3) is 4.32. The summed E-state index contributed by atoms with van der Waals surface area (Å²) in [6.07, 6.45) is 0. The van der Waals surface area contributed by atoms with Gasteiger partial charge in [-0.2, -0.15) is 0 Å². The van der Waals surface area contributed by atoms with Crippen LogP contribution >= 0.6 is 12.4 Å². The molecule has 0 aromatic heterocycles. The highest BCUT2D eigenvalue weighted by Crippen LogP contribution is 2.42. The summed E-state index contributed by atoms with van der Waals surface area (Å²) in [5, 5.41) is 34.3. The van der Waals surface area contributed by atoms with Crippen LogP contribution in [-0.2, 0) is 0 Å². The van der Waals surface area contributed by atoms with Gasteiger partial charge in [-0.05, 0) is 6.07 Å². The first-order chi connectivity index (χ1) is 10.4. The van der Waals surface area contributed by atoms with Crippen molar-refractivity contribution in [1.29, 1.82) is 0 Å². The number of benzene rings is 1. The van der Waals surface area contributed by atoms with E-state index in [-0.39, 0.29) is 36.5 Å². The fraction of sp³-hybridized carbons (Fsp3) is 0.600. The predicted molar refractivity (Wildman–Crippen MR) is 90.1 cm³/mol. The number of nitro groups is 1. The Labute approximate surface area is 141 Å². The monoisotopic (exact) mass is 345 g/mol. The van der Waals surface area contributed by atoms with Crippen molar-refractivity contribution in [3.05, 3.63) is 33.9 Å². The summed E-state index contributed by atoms with van der Waals surface area (Å²) < 4.78 is 0. The largest absolute Gasteiger partial charge is 0.508 e. The molecule has 0 spiro atoms. The van der Waals surface area contributed by atoms with Crippen LogP contribution in [0.3, 0.4) is 0 Å². The van der Waals surface area contributed by atoms with Gasteiger partial charge in [-0.3, -0.25) is 15.0 Å². The van der Waals surface area contributed by atoms with Crippen LogP contribution in [0.5, 0.6) is 5.75 Å². The Morgan fingerprint density at radius 2 is 2.00 bits per heavy atom. The molecule has 0 saturated carbocycles. The third-order valence-electron chi connectivity index (χ3n) is 4.18. The first-order valence-corrected chi connectivity index (χ1v) is 7.40. The van der Waals surface area contributed by atoms with Crippen LogP contribution in [0.1, 0.15) is 25.5 Å². The molecule has 1 aromatic carbocycles. The van der Waals surface area contributed by atoms with E-state index in [2.05, 4.69) is 10.2 Å². The van der Waals surface area contributed by atoms with Gasteiger partial charge in [0.25, 0.3) is 5.69 Å². The molecule has 0 amide bonds. The lowest BCUT2D eigenvalue weighted by Gasteiger charge is -2.43. The highest BCUT2D eigenvalue weighted by atomic mass is 35.5. The van der Waals surface area contributed by atoms with Gasteiger partial charge in [-0.1, -0.05) is 13.8 Å². The number of nitrogens with one attached hydrogen (secondary N) is 1. The molecule has 23 heavy (non-hydrogen) atoms. The van der Waals surface area contributed by atoms with Crippen LogP contribution in [0, 0.1) is 15.5 Å². The van der Waals surface area contributed by atoms with Crippen molar-refractivity contribution in [2.75, 3.05) is 32.8 Å². The second kappa shape index (κ2) is 7.92.